The number of aliphatic hydroxyl groups is 1. The summed E-state index contributed by atoms with van der Waals surface area (Å²) >= 11 is 5.52. The summed E-state index contributed by atoms with van der Waals surface area (Å²) in [5.74, 6) is 0.100. The molecule has 0 aliphatic carbocycles. The summed E-state index contributed by atoms with van der Waals surface area (Å²) in [6.07, 6.45) is 0.522. The maximum atomic E-state index is 11.6. The SMILES string of the molecule is O=c1cnc2ccccc2n1CC(O)CCl. The molecular weight excluding hydrogens is 228 g/mol. The molecule has 0 aliphatic rings. The van der Waals surface area contributed by atoms with Crippen LogP contribution in [0.4, 0.5) is 0 Å². The minimum Gasteiger partial charge on any atom is -0.390 e. The summed E-state index contributed by atoms with van der Waals surface area (Å²) in [5, 5.41) is 9.48. The van der Waals surface area contributed by atoms with Gasteiger partial charge in [0.05, 0.1) is 35.8 Å². The number of hydrogen-bond acceptors (Lipinski definition) is 3. The molecule has 1 heterocycles. The highest BCUT2D eigenvalue weighted by Crippen LogP contribution is 2.08. The summed E-state index contributed by atoms with van der Waals surface area (Å²) in [7, 11) is 0. The van der Waals surface area contributed by atoms with Crippen LogP contribution in [0.15, 0.2) is 35.3 Å². The molecule has 1 aromatic carbocycles. The summed E-state index contributed by atoms with van der Waals surface area (Å²) in [6, 6.07) is 7.29. The van der Waals surface area contributed by atoms with E-state index in [9.17, 15) is 9.90 Å². The van der Waals surface area contributed by atoms with Crippen molar-refractivity contribution >= 4 is 22.6 Å². The van der Waals surface area contributed by atoms with Crippen LogP contribution in [0.3, 0.4) is 0 Å². The molecule has 0 spiro atoms. The van der Waals surface area contributed by atoms with Crippen LogP contribution in [0, 0.1) is 0 Å². The predicted octanol–water partition coefficient (Wildman–Crippen LogP) is 0.996. The van der Waals surface area contributed by atoms with Crippen LogP contribution in [0.2, 0.25) is 0 Å². The van der Waals surface area contributed by atoms with E-state index >= 15 is 0 Å². The number of alkyl halides is 1. The lowest BCUT2D eigenvalue weighted by molar-refractivity contribution is 0.177. The predicted molar refractivity (Wildman–Crippen MR) is 62.7 cm³/mol. The van der Waals surface area contributed by atoms with Gasteiger partial charge in [0.1, 0.15) is 0 Å². The first kappa shape index (κ1) is 11.1. The van der Waals surface area contributed by atoms with Crippen molar-refractivity contribution in [1.29, 1.82) is 0 Å². The van der Waals surface area contributed by atoms with Gasteiger partial charge in [-0.05, 0) is 12.1 Å². The van der Waals surface area contributed by atoms with E-state index in [1.807, 2.05) is 18.2 Å². The average Bonchev–Trinajstić information content (AvgIpc) is 2.32. The minimum atomic E-state index is -0.731. The van der Waals surface area contributed by atoms with Gasteiger partial charge < -0.3 is 9.67 Å². The Morgan fingerprint density at radius 3 is 2.94 bits per heavy atom. The van der Waals surface area contributed by atoms with Crippen LogP contribution in [-0.2, 0) is 6.54 Å². The number of rotatable bonds is 3. The number of halogens is 1. The maximum absolute atomic E-state index is 11.6. The molecule has 84 valence electrons. The molecule has 16 heavy (non-hydrogen) atoms. The van der Waals surface area contributed by atoms with Crippen LogP contribution in [-0.4, -0.2) is 26.6 Å². The largest absolute Gasteiger partial charge is 0.390 e. The molecule has 1 N–H and O–H groups in total. The smallest absolute Gasteiger partial charge is 0.269 e. The van der Waals surface area contributed by atoms with Crippen LogP contribution in [0.5, 0.6) is 0 Å². The molecule has 1 aromatic heterocycles. The molecule has 0 saturated heterocycles. The number of hydrogen-bond donors (Lipinski definition) is 1. The van der Waals surface area contributed by atoms with Crippen molar-refractivity contribution in [3.8, 4) is 0 Å². The molecular formula is C11H11ClN2O2. The van der Waals surface area contributed by atoms with Gasteiger partial charge in [0.2, 0.25) is 0 Å². The van der Waals surface area contributed by atoms with E-state index in [4.69, 9.17) is 11.6 Å². The Balaban J connectivity index is 2.57. The second-order valence-electron chi connectivity index (χ2n) is 3.50. The average molecular weight is 239 g/mol. The molecule has 2 aromatic rings. The fraction of sp³-hybridized carbons (Fsp3) is 0.273. The molecule has 0 saturated carbocycles. The lowest BCUT2D eigenvalue weighted by Gasteiger charge is -2.12. The monoisotopic (exact) mass is 238 g/mol. The van der Waals surface area contributed by atoms with Gasteiger partial charge in [-0.2, -0.15) is 0 Å². The quantitative estimate of drug-likeness (QED) is 0.812. The van der Waals surface area contributed by atoms with Crippen molar-refractivity contribution in [2.45, 2.75) is 12.6 Å². The topological polar surface area (TPSA) is 55.1 Å². The van der Waals surface area contributed by atoms with E-state index < -0.39 is 6.10 Å². The van der Waals surface area contributed by atoms with Crippen molar-refractivity contribution in [1.82, 2.24) is 9.55 Å². The van der Waals surface area contributed by atoms with E-state index in [-0.39, 0.29) is 18.0 Å². The van der Waals surface area contributed by atoms with Crippen LogP contribution >= 0.6 is 11.6 Å². The van der Waals surface area contributed by atoms with Crippen LogP contribution in [0.1, 0.15) is 0 Å². The van der Waals surface area contributed by atoms with Crippen molar-refractivity contribution in [2.24, 2.45) is 0 Å². The normalized spacial score (nSPS) is 12.9. The van der Waals surface area contributed by atoms with Crippen molar-refractivity contribution < 1.29 is 5.11 Å². The Kier molecular flexibility index (Phi) is 3.22. The summed E-state index contributed by atoms with van der Waals surface area (Å²) in [4.78, 5) is 15.7. The number of nitrogens with zero attached hydrogens (tertiary/aromatic N) is 2. The zero-order valence-electron chi connectivity index (χ0n) is 8.51. The first-order chi connectivity index (χ1) is 7.72. The van der Waals surface area contributed by atoms with Crippen molar-refractivity contribution in [2.75, 3.05) is 5.88 Å². The van der Waals surface area contributed by atoms with Crippen LogP contribution in [0.25, 0.3) is 11.0 Å². The number of aromatic nitrogens is 2. The maximum Gasteiger partial charge on any atom is 0.269 e. The van der Waals surface area contributed by atoms with Gasteiger partial charge in [-0.25, -0.2) is 4.98 Å². The highest BCUT2D eigenvalue weighted by Gasteiger charge is 2.08. The highest BCUT2D eigenvalue weighted by atomic mass is 35.5. The van der Waals surface area contributed by atoms with E-state index in [0.29, 0.717) is 5.52 Å². The third-order valence-electron chi connectivity index (χ3n) is 2.32. The van der Waals surface area contributed by atoms with Gasteiger partial charge in [-0.15, -0.1) is 11.6 Å². The zero-order valence-corrected chi connectivity index (χ0v) is 9.26. The third kappa shape index (κ3) is 2.08. The molecule has 1 unspecified atom stereocenters. The molecule has 2 rings (SSSR count). The van der Waals surface area contributed by atoms with Gasteiger partial charge in [0.15, 0.2) is 0 Å². The zero-order chi connectivity index (χ0) is 11.5. The van der Waals surface area contributed by atoms with Gasteiger partial charge in [-0.1, -0.05) is 12.1 Å². The molecule has 1 atom stereocenters. The molecule has 0 bridgehead atoms. The minimum absolute atomic E-state index is 0.100. The van der Waals surface area contributed by atoms with Gasteiger partial charge >= 0.3 is 0 Å². The third-order valence-corrected chi connectivity index (χ3v) is 2.68. The molecule has 5 heteroatoms. The molecule has 0 fully saturated rings. The van der Waals surface area contributed by atoms with E-state index in [1.165, 1.54) is 10.8 Å². The Morgan fingerprint density at radius 1 is 1.44 bits per heavy atom. The second kappa shape index (κ2) is 4.63. The Morgan fingerprint density at radius 2 is 2.19 bits per heavy atom. The Labute approximate surface area is 97.1 Å². The van der Waals surface area contributed by atoms with E-state index in [2.05, 4.69) is 4.98 Å². The summed E-state index contributed by atoms with van der Waals surface area (Å²) in [5.41, 5.74) is 1.20. The standard InChI is InChI=1S/C11H11ClN2O2/c12-5-8(15)7-14-10-4-2-1-3-9(10)13-6-11(14)16/h1-4,6,8,15H,5,7H2. The lowest BCUT2D eigenvalue weighted by Crippen LogP contribution is -2.27. The number of para-hydroxylation sites is 2. The molecule has 4 nitrogen and oxygen atoms in total. The van der Waals surface area contributed by atoms with E-state index in [0.717, 1.165) is 5.52 Å². The fourth-order valence-corrected chi connectivity index (χ4v) is 1.66. The fourth-order valence-electron chi connectivity index (χ4n) is 1.56. The first-order valence-electron chi connectivity index (χ1n) is 4.91. The number of aliphatic hydroxyl groups excluding tert-OH is 1. The Hall–Kier alpha value is -1.39. The molecule has 0 amide bonds. The first-order valence-corrected chi connectivity index (χ1v) is 5.44. The van der Waals surface area contributed by atoms with Crippen molar-refractivity contribution in [3.05, 3.63) is 40.8 Å². The molecule has 0 radical (unpaired) electrons. The van der Waals surface area contributed by atoms with Gasteiger partial charge in [0, 0.05) is 0 Å². The van der Waals surface area contributed by atoms with E-state index in [1.54, 1.807) is 6.07 Å². The highest BCUT2D eigenvalue weighted by molar-refractivity contribution is 6.18. The number of fused-ring (bicyclic) bond motifs is 1. The van der Waals surface area contributed by atoms with Crippen LogP contribution < -0.4 is 5.56 Å². The van der Waals surface area contributed by atoms with Gasteiger partial charge in [-0.3, -0.25) is 4.79 Å². The second-order valence-corrected chi connectivity index (χ2v) is 3.81. The van der Waals surface area contributed by atoms with Gasteiger partial charge in [0.25, 0.3) is 5.56 Å². The Bertz CT molecular complexity index is 553. The molecule has 0 aliphatic heterocycles. The lowest BCUT2D eigenvalue weighted by atomic mass is 10.3. The summed E-state index contributed by atoms with van der Waals surface area (Å²) < 4.78 is 1.48. The van der Waals surface area contributed by atoms with Crippen molar-refractivity contribution in [3.63, 3.8) is 0 Å². The number of benzene rings is 1. The summed E-state index contributed by atoms with van der Waals surface area (Å²) in [6.45, 7) is 0.186.